The summed E-state index contributed by atoms with van der Waals surface area (Å²) in [6.07, 6.45) is 5.58. The highest BCUT2D eigenvalue weighted by Gasteiger charge is 2.39. The van der Waals surface area contributed by atoms with Gasteiger partial charge in [0, 0.05) is 11.8 Å². The molecule has 2 saturated carbocycles. The van der Waals surface area contributed by atoms with Crippen LogP contribution in [-0.2, 0) is 0 Å². The van der Waals surface area contributed by atoms with E-state index in [1.54, 1.807) is 12.1 Å². The fourth-order valence-electron chi connectivity index (χ4n) is 3.41. The van der Waals surface area contributed by atoms with Crippen molar-refractivity contribution < 1.29 is 4.74 Å². The fourth-order valence-corrected chi connectivity index (χ4v) is 3.58. The lowest BCUT2D eigenvalue weighted by atomic mass is 9.89. The molecular formula is C14H18ClNO. The number of nitrogens with two attached hydrogens (primary N) is 1. The normalized spacial score (nSPS) is 30.8. The SMILES string of the molecule is Nc1ccc(Cl)c(OCC2CC3CCC2C3)c1. The van der Waals surface area contributed by atoms with Gasteiger partial charge in [0.25, 0.3) is 0 Å². The Morgan fingerprint density at radius 3 is 2.88 bits per heavy atom. The minimum absolute atomic E-state index is 0.655. The molecule has 0 aromatic heterocycles. The number of benzene rings is 1. The van der Waals surface area contributed by atoms with Crippen molar-refractivity contribution in [3.05, 3.63) is 23.2 Å². The second-order valence-corrected chi connectivity index (χ2v) is 5.84. The Morgan fingerprint density at radius 2 is 2.18 bits per heavy atom. The largest absolute Gasteiger partial charge is 0.492 e. The Labute approximate surface area is 107 Å². The van der Waals surface area contributed by atoms with E-state index < -0.39 is 0 Å². The van der Waals surface area contributed by atoms with Gasteiger partial charge in [-0.05, 0) is 49.1 Å². The minimum Gasteiger partial charge on any atom is -0.492 e. The Kier molecular flexibility index (Phi) is 2.91. The highest BCUT2D eigenvalue weighted by Crippen LogP contribution is 2.48. The van der Waals surface area contributed by atoms with Crippen LogP contribution in [-0.4, -0.2) is 6.61 Å². The number of hydrogen-bond donors (Lipinski definition) is 1. The van der Waals surface area contributed by atoms with E-state index in [1.165, 1.54) is 25.7 Å². The van der Waals surface area contributed by atoms with Crippen molar-refractivity contribution in [3.63, 3.8) is 0 Å². The molecule has 2 N–H and O–H groups in total. The molecule has 2 aliphatic carbocycles. The Morgan fingerprint density at radius 1 is 1.29 bits per heavy atom. The van der Waals surface area contributed by atoms with Crippen LogP contribution in [0.5, 0.6) is 5.75 Å². The molecule has 3 atom stereocenters. The van der Waals surface area contributed by atoms with Crippen molar-refractivity contribution >= 4 is 17.3 Å². The smallest absolute Gasteiger partial charge is 0.139 e. The molecule has 1 aromatic carbocycles. The molecule has 1 aromatic rings. The average Bonchev–Trinajstić information content (AvgIpc) is 2.92. The maximum atomic E-state index is 6.08. The monoisotopic (exact) mass is 251 g/mol. The van der Waals surface area contributed by atoms with E-state index in [4.69, 9.17) is 22.1 Å². The molecule has 0 radical (unpaired) electrons. The molecule has 0 heterocycles. The van der Waals surface area contributed by atoms with Gasteiger partial charge in [-0.25, -0.2) is 0 Å². The molecule has 92 valence electrons. The molecule has 0 aliphatic heterocycles. The van der Waals surface area contributed by atoms with Gasteiger partial charge in [-0.3, -0.25) is 0 Å². The summed E-state index contributed by atoms with van der Waals surface area (Å²) in [6.45, 7) is 0.796. The standard InChI is InChI=1S/C14H18ClNO/c15-13-4-3-12(16)7-14(13)17-8-11-6-9-1-2-10(11)5-9/h3-4,7,9-11H,1-2,5-6,8,16H2. The molecule has 2 aliphatic rings. The van der Waals surface area contributed by atoms with Gasteiger partial charge in [0.15, 0.2) is 0 Å². The summed E-state index contributed by atoms with van der Waals surface area (Å²) >= 11 is 6.08. The molecule has 17 heavy (non-hydrogen) atoms. The molecule has 0 saturated heterocycles. The molecule has 2 nitrogen and oxygen atoms in total. The molecule has 2 fully saturated rings. The van der Waals surface area contributed by atoms with Gasteiger partial charge >= 0.3 is 0 Å². The summed E-state index contributed by atoms with van der Waals surface area (Å²) < 4.78 is 5.84. The highest BCUT2D eigenvalue weighted by atomic mass is 35.5. The van der Waals surface area contributed by atoms with Crippen LogP contribution in [0.4, 0.5) is 5.69 Å². The number of rotatable bonds is 3. The third-order valence-electron chi connectivity index (χ3n) is 4.29. The van der Waals surface area contributed by atoms with E-state index in [1.807, 2.05) is 6.07 Å². The quantitative estimate of drug-likeness (QED) is 0.831. The summed E-state index contributed by atoms with van der Waals surface area (Å²) in [6, 6.07) is 5.41. The third-order valence-corrected chi connectivity index (χ3v) is 4.60. The van der Waals surface area contributed by atoms with Crippen LogP contribution >= 0.6 is 11.6 Å². The van der Waals surface area contributed by atoms with Crippen LogP contribution in [0.3, 0.4) is 0 Å². The topological polar surface area (TPSA) is 35.2 Å². The second kappa shape index (κ2) is 4.41. The van der Waals surface area contributed by atoms with Crippen molar-refractivity contribution in [3.8, 4) is 5.75 Å². The number of nitrogen functional groups attached to an aromatic ring is 1. The summed E-state index contributed by atoms with van der Waals surface area (Å²) in [5.41, 5.74) is 6.44. The van der Waals surface area contributed by atoms with Gasteiger partial charge in [0.1, 0.15) is 5.75 Å². The minimum atomic E-state index is 0.655. The molecule has 3 unspecified atom stereocenters. The van der Waals surface area contributed by atoms with Crippen LogP contribution in [0, 0.1) is 17.8 Å². The fraction of sp³-hybridized carbons (Fsp3) is 0.571. The summed E-state index contributed by atoms with van der Waals surface area (Å²) in [4.78, 5) is 0. The first-order valence-corrected chi connectivity index (χ1v) is 6.78. The van der Waals surface area contributed by atoms with Gasteiger partial charge in [0.05, 0.1) is 11.6 Å². The van der Waals surface area contributed by atoms with E-state index in [-0.39, 0.29) is 0 Å². The predicted molar refractivity (Wildman–Crippen MR) is 70.3 cm³/mol. The average molecular weight is 252 g/mol. The van der Waals surface area contributed by atoms with E-state index in [0.29, 0.717) is 10.7 Å². The first kappa shape index (κ1) is 11.2. The van der Waals surface area contributed by atoms with Gasteiger partial charge in [0.2, 0.25) is 0 Å². The molecule has 0 spiro atoms. The predicted octanol–water partition coefficient (Wildman–Crippen LogP) is 3.74. The Hall–Kier alpha value is -0.890. The van der Waals surface area contributed by atoms with E-state index in [0.717, 1.165) is 30.1 Å². The first-order chi connectivity index (χ1) is 8.22. The number of ether oxygens (including phenoxy) is 1. The van der Waals surface area contributed by atoms with Crippen molar-refractivity contribution in [1.82, 2.24) is 0 Å². The number of halogens is 1. The molecular weight excluding hydrogens is 234 g/mol. The maximum Gasteiger partial charge on any atom is 0.139 e. The van der Waals surface area contributed by atoms with E-state index in [2.05, 4.69) is 0 Å². The van der Waals surface area contributed by atoms with Gasteiger partial charge in [-0.1, -0.05) is 18.0 Å². The van der Waals surface area contributed by atoms with Crippen LogP contribution in [0.2, 0.25) is 5.02 Å². The van der Waals surface area contributed by atoms with Crippen LogP contribution < -0.4 is 10.5 Å². The summed E-state index contributed by atoms with van der Waals surface area (Å²) in [5.74, 6) is 3.31. The number of anilines is 1. The lowest BCUT2D eigenvalue weighted by Gasteiger charge is -2.22. The first-order valence-electron chi connectivity index (χ1n) is 6.40. The molecule has 2 bridgehead atoms. The lowest BCUT2D eigenvalue weighted by Crippen LogP contribution is -2.18. The summed E-state index contributed by atoms with van der Waals surface area (Å²) in [7, 11) is 0. The van der Waals surface area contributed by atoms with Crippen molar-refractivity contribution in [2.75, 3.05) is 12.3 Å². The second-order valence-electron chi connectivity index (χ2n) is 5.44. The van der Waals surface area contributed by atoms with Gasteiger partial charge < -0.3 is 10.5 Å². The molecule has 3 rings (SSSR count). The maximum absolute atomic E-state index is 6.08. The Bertz CT molecular complexity index is 421. The van der Waals surface area contributed by atoms with Crippen LogP contribution in [0.15, 0.2) is 18.2 Å². The number of fused-ring (bicyclic) bond motifs is 2. The van der Waals surface area contributed by atoms with Gasteiger partial charge in [-0.15, -0.1) is 0 Å². The highest BCUT2D eigenvalue weighted by molar-refractivity contribution is 6.32. The zero-order valence-electron chi connectivity index (χ0n) is 9.86. The van der Waals surface area contributed by atoms with Gasteiger partial charge in [-0.2, -0.15) is 0 Å². The zero-order chi connectivity index (χ0) is 11.8. The van der Waals surface area contributed by atoms with E-state index in [9.17, 15) is 0 Å². The van der Waals surface area contributed by atoms with E-state index >= 15 is 0 Å². The lowest BCUT2D eigenvalue weighted by molar-refractivity contribution is 0.195. The van der Waals surface area contributed by atoms with Crippen molar-refractivity contribution in [2.24, 2.45) is 17.8 Å². The molecule has 0 amide bonds. The zero-order valence-corrected chi connectivity index (χ0v) is 10.6. The number of hydrogen-bond acceptors (Lipinski definition) is 2. The molecule has 3 heteroatoms. The van der Waals surface area contributed by atoms with Crippen LogP contribution in [0.25, 0.3) is 0 Å². The summed E-state index contributed by atoms with van der Waals surface area (Å²) in [5, 5.41) is 0.655. The van der Waals surface area contributed by atoms with Crippen molar-refractivity contribution in [1.29, 1.82) is 0 Å². The van der Waals surface area contributed by atoms with Crippen molar-refractivity contribution in [2.45, 2.75) is 25.7 Å². The third kappa shape index (κ3) is 2.23. The Balaban J connectivity index is 1.62. The van der Waals surface area contributed by atoms with Crippen LogP contribution in [0.1, 0.15) is 25.7 Å².